The maximum Gasteiger partial charge on any atom is 0.281 e. The second-order valence-corrected chi connectivity index (χ2v) is 8.66. The van der Waals surface area contributed by atoms with Gasteiger partial charge in [0.15, 0.2) is 0 Å². The summed E-state index contributed by atoms with van der Waals surface area (Å²) in [5, 5.41) is 3.00. The topological polar surface area (TPSA) is 69.7 Å². The van der Waals surface area contributed by atoms with Crippen molar-refractivity contribution < 1.29 is 13.2 Å². The van der Waals surface area contributed by atoms with E-state index in [0.29, 0.717) is 38.5 Å². The van der Waals surface area contributed by atoms with Crippen LogP contribution in [-0.2, 0) is 15.0 Å². The van der Waals surface area contributed by atoms with E-state index in [1.54, 1.807) is 8.61 Å². The Balaban J connectivity index is 1.68. The van der Waals surface area contributed by atoms with Gasteiger partial charge in [-0.25, -0.2) is 0 Å². The molecular weight excluding hydrogens is 290 g/mol. The van der Waals surface area contributed by atoms with Crippen LogP contribution < -0.4 is 5.32 Å². The minimum absolute atomic E-state index is 0.109. The Kier molecular flexibility index (Phi) is 4.25. The number of hydrogen-bond acceptors (Lipinski definition) is 3. The zero-order valence-corrected chi connectivity index (χ0v) is 13.4. The molecule has 3 fully saturated rings. The van der Waals surface area contributed by atoms with E-state index in [2.05, 4.69) is 12.2 Å². The Morgan fingerprint density at radius 1 is 1.10 bits per heavy atom. The molecule has 0 bridgehead atoms. The molecule has 3 saturated heterocycles. The zero-order chi connectivity index (χ0) is 15.0. The Bertz CT molecular complexity index is 508. The molecule has 0 radical (unpaired) electrons. The molecule has 6 nitrogen and oxygen atoms in total. The zero-order valence-electron chi connectivity index (χ0n) is 12.6. The molecular formula is C14H25N3O3S. The van der Waals surface area contributed by atoms with E-state index in [-0.39, 0.29) is 17.9 Å². The van der Waals surface area contributed by atoms with E-state index in [1.165, 1.54) is 0 Å². The van der Waals surface area contributed by atoms with Gasteiger partial charge in [0.1, 0.15) is 0 Å². The van der Waals surface area contributed by atoms with Gasteiger partial charge in [0, 0.05) is 38.6 Å². The number of fused-ring (bicyclic) bond motifs is 1. The number of amides is 1. The second kappa shape index (κ2) is 5.85. The molecule has 21 heavy (non-hydrogen) atoms. The highest BCUT2D eigenvalue weighted by molar-refractivity contribution is 7.86. The number of carbonyl (C=O) groups is 1. The maximum absolute atomic E-state index is 12.8. The van der Waals surface area contributed by atoms with Crippen LogP contribution in [0.15, 0.2) is 0 Å². The first-order valence-corrected chi connectivity index (χ1v) is 9.41. The van der Waals surface area contributed by atoms with Crippen LogP contribution in [0.1, 0.15) is 39.0 Å². The lowest BCUT2D eigenvalue weighted by Crippen LogP contribution is -2.57. The highest BCUT2D eigenvalue weighted by Crippen LogP contribution is 2.29. The van der Waals surface area contributed by atoms with Crippen molar-refractivity contribution in [2.75, 3.05) is 26.2 Å². The summed E-state index contributed by atoms with van der Waals surface area (Å²) in [6, 6.07) is 0.165. The molecule has 7 heteroatoms. The number of nitrogens with zero attached hydrogens (tertiary/aromatic N) is 2. The van der Waals surface area contributed by atoms with Crippen molar-refractivity contribution in [1.82, 2.24) is 13.9 Å². The van der Waals surface area contributed by atoms with Gasteiger partial charge in [-0.2, -0.15) is 17.0 Å². The first-order chi connectivity index (χ1) is 9.96. The standard InChI is InChI=1S/C14H25N3O3S/c1-11-3-2-7-16(9-11)21(19,20)17-8-6-13-12(10-17)4-5-14(18)15-13/h11-13H,2-10H2,1H3,(H,15,18). The summed E-state index contributed by atoms with van der Waals surface area (Å²) in [5.41, 5.74) is 0. The smallest absolute Gasteiger partial charge is 0.281 e. The van der Waals surface area contributed by atoms with Crippen molar-refractivity contribution >= 4 is 16.1 Å². The lowest BCUT2D eigenvalue weighted by Gasteiger charge is -2.43. The van der Waals surface area contributed by atoms with E-state index in [0.717, 1.165) is 25.7 Å². The van der Waals surface area contributed by atoms with Crippen LogP contribution in [-0.4, -0.2) is 55.2 Å². The molecule has 0 spiro atoms. The average molecular weight is 315 g/mol. The summed E-state index contributed by atoms with van der Waals surface area (Å²) < 4.78 is 28.9. The van der Waals surface area contributed by atoms with E-state index in [9.17, 15) is 13.2 Å². The summed E-state index contributed by atoms with van der Waals surface area (Å²) in [6.45, 7) is 4.48. The van der Waals surface area contributed by atoms with Gasteiger partial charge < -0.3 is 5.32 Å². The summed E-state index contributed by atoms with van der Waals surface area (Å²) in [4.78, 5) is 11.4. The van der Waals surface area contributed by atoms with Crippen LogP contribution >= 0.6 is 0 Å². The van der Waals surface area contributed by atoms with Gasteiger partial charge >= 0.3 is 0 Å². The number of carbonyl (C=O) groups excluding carboxylic acids is 1. The van der Waals surface area contributed by atoms with Crippen molar-refractivity contribution in [3.63, 3.8) is 0 Å². The van der Waals surface area contributed by atoms with E-state index in [4.69, 9.17) is 0 Å². The number of rotatable bonds is 2. The Morgan fingerprint density at radius 2 is 1.86 bits per heavy atom. The van der Waals surface area contributed by atoms with E-state index in [1.807, 2.05) is 0 Å². The monoisotopic (exact) mass is 315 g/mol. The van der Waals surface area contributed by atoms with Gasteiger partial charge in [-0.3, -0.25) is 4.79 Å². The van der Waals surface area contributed by atoms with Crippen molar-refractivity contribution in [2.24, 2.45) is 11.8 Å². The molecule has 0 aliphatic carbocycles. The third-order valence-corrected chi connectivity index (χ3v) is 7.03. The SMILES string of the molecule is CC1CCCN(S(=O)(=O)N2CCC3NC(=O)CCC3C2)C1. The molecule has 3 aliphatic rings. The molecule has 1 N–H and O–H groups in total. The minimum atomic E-state index is -3.33. The van der Waals surface area contributed by atoms with Crippen LogP contribution in [0, 0.1) is 11.8 Å². The number of piperidine rings is 3. The molecule has 3 unspecified atom stereocenters. The lowest BCUT2D eigenvalue weighted by atomic mass is 9.86. The van der Waals surface area contributed by atoms with Crippen LogP contribution in [0.25, 0.3) is 0 Å². The fourth-order valence-electron chi connectivity index (χ4n) is 3.81. The Hall–Kier alpha value is -0.660. The fourth-order valence-corrected chi connectivity index (χ4v) is 5.65. The third-order valence-electron chi connectivity index (χ3n) is 5.06. The number of hydrogen-bond donors (Lipinski definition) is 1. The van der Waals surface area contributed by atoms with Gasteiger partial charge in [0.05, 0.1) is 0 Å². The lowest BCUT2D eigenvalue weighted by molar-refractivity contribution is -0.125. The highest BCUT2D eigenvalue weighted by atomic mass is 32.2. The third kappa shape index (κ3) is 3.10. The van der Waals surface area contributed by atoms with E-state index < -0.39 is 10.2 Å². The van der Waals surface area contributed by atoms with Gasteiger partial charge in [-0.1, -0.05) is 6.92 Å². The molecule has 0 aromatic carbocycles. The molecule has 3 aliphatic heterocycles. The van der Waals surface area contributed by atoms with Crippen LogP contribution in [0.3, 0.4) is 0 Å². The van der Waals surface area contributed by atoms with Gasteiger partial charge in [-0.15, -0.1) is 0 Å². The van der Waals surface area contributed by atoms with Crippen molar-refractivity contribution in [2.45, 2.75) is 45.1 Å². The summed E-state index contributed by atoms with van der Waals surface area (Å²) >= 11 is 0. The van der Waals surface area contributed by atoms with Crippen LogP contribution in [0.4, 0.5) is 0 Å². The molecule has 0 aromatic rings. The van der Waals surface area contributed by atoms with Crippen LogP contribution in [0.5, 0.6) is 0 Å². The van der Waals surface area contributed by atoms with E-state index >= 15 is 0 Å². The van der Waals surface area contributed by atoms with Crippen LogP contribution in [0.2, 0.25) is 0 Å². The summed E-state index contributed by atoms with van der Waals surface area (Å²) in [5.74, 6) is 0.825. The van der Waals surface area contributed by atoms with Gasteiger partial charge in [-0.05, 0) is 37.5 Å². The Labute approximate surface area is 127 Å². The van der Waals surface area contributed by atoms with Gasteiger partial charge in [0.25, 0.3) is 10.2 Å². The highest BCUT2D eigenvalue weighted by Gasteiger charge is 2.40. The molecule has 3 atom stereocenters. The molecule has 3 rings (SSSR count). The predicted molar refractivity (Wildman–Crippen MR) is 79.7 cm³/mol. The second-order valence-electron chi connectivity index (χ2n) is 6.73. The van der Waals surface area contributed by atoms with Crippen molar-refractivity contribution in [1.29, 1.82) is 0 Å². The van der Waals surface area contributed by atoms with Crippen molar-refractivity contribution in [3.8, 4) is 0 Å². The Morgan fingerprint density at radius 3 is 2.62 bits per heavy atom. The first kappa shape index (κ1) is 15.2. The van der Waals surface area contributed by atoms with Crippen molar-refractivity contribution in [3.05, 3.63) is 0 Å². The fraction of sp³-hybridized carbons (Fsp3) is 0.929. The molecule has 1 amide bonds. The molecule has 3 heterocycles. The molecule has 0 aromatic heterocycles. The molecule has 120 valence electrons. The number of nitrogens with one attached hydrogen (secondary N) is 1. The predicted octanol–water partition coefficient (Wildman–Crippen LogP) is 0.564. The molecule has 0 saturated carbocycles. The normalized spacial score (nSPS) is 36.0. The minimum Gasteiger partial charge on any atom is -0.353 e. The maximum atomic E-state index is 12.8. The largest absolute Gasteiger partial charge is 0.353 e. The first-order valence-electron chi connectivity index (χ1n) is 8.01. The summed E-state index contributed by atoms with van der Waals surface area (Å²) in [7, 11) is -3.33. The van der Waals surface area contributed by atoms with Gasteiger partial charge in [0.2, 0.25) is 5.91 Å². The summed E-state index contributed by atoms with van der Waals surface area (Å²) in [6.07, 6.45) is 4.13. The quantitative estimate of drug-likeness (QED) is 0.810. The average Bonchev–Trinajstić information content (AvgIpc) is 2.46.